The first-order valence-electron chi connectivity index (χ1n) is 10.2. The van der Waals surface area contributed by atoms with Crippen molar-refractivity contribution < 1.29 is 32.3 Å². The smallest absolute Gasteiger partial charge is 0.193 e. The van der Waals surface area contributed by atoms with Crippen molar-refractivity contribution in [3.05, 3.63) is 142 Å². The Morgan fingerprint density at radius 1 is 0.400 bits per heavy atom. The predicted octanol–water partition coefficient (Wildman–Crippen LogP) is 5.61. The molecule has 4 aromatic rings. The molecule has 0 bridgehead atoms. The van der Waals surface area contributed by atoms with Gasteiger partial charge in [-0.3, -0.25) is 14.4 Å². The highest BCUT2D eigenvalue weighted by Crippen LogP contribution is 2.21. The standard InChI is InChI=1S/C27H15F3O3.CH2O/c28-22-7-1-16(2-8-22)25(31)19-13-20(26(32)17-3-9-23(29)10-4-17)15-21(14-19)27(33)18-5-11-24(30)12-6-18;1-2/h1-15H;1H2. The van der Waals surface area contributed by atoms with Crippen LogP contribution in [0.4, 0.5) is 13.2 Å². The van der Waals surface area contributed by atoms with Crippen molar-refractivity contribution in [2.75, 3.05) is 0 Å². The monoisotopic (exact) mass is 474 g/mol. The van der Waals surface area contributed by atoms with Gasteiger partial charge >= 0.3 is 0 Å². The van der Waals surface area contributed by atoms with Gasteiger partial charge in [-0.05, 0) is 91.0 Å². The Morgan fingerprint density at radius 2 is 0.600 bits per heavy atom. The Kier molecular flexibility index (Phi) is 7.84. The summed E-state index contributed by atoms with van der Waals surface area (Å²) in [5.41, 5.74) is 0.633. The molecular formula is C28H17F3O4. The van der Waals surface area contributed by atoms with Crippen LogP contribution >= 0.6 is 0 Å². The van der Waals surface area contributed by atoms with Crippen LogP contribution in [0, 0.1) is 17.5 Å². The van der Waals surface area contributed by atoms with Crippen molar-refractivity contribution in [2.45, 2.75) is 0 Å². The third-order valence-electron chi connectivity index (χ3n) is 5.04. The second-order valence-corrected chi connectivity index (χ2v) is 7.31. The Labute approximate surface area is 198 Å². The van der Waals surface area contributed by atoms with Crippen LogP contribution in [0.5, 0.6) is 0 Å². The fourth-order valence-corrected chi connectivity index (χ4v) is 3.32. The molecule has 0 saturated heterocycles. The summed E-state index contributed by atoms with van der Waals surface area (Å²) in [7, 11) is 0. The van der Waals surface area contributed by atoms with E-state index < -0.39 is 34.8 Å². The van der Waals surface area contributed by atoms with Gasteiger partial charge in [0.1, 0.15) is 24.2 Å². The molecule has 0 unspecified atom stereocenters. The average molecular weight is 474 g/mol. The van der Waals surface area contributed by atoms with Crippen molar-refractivity contribution in [3.8, 4) is 0 Å². The molecule has 0 spiro atoms. The first kappa shape index (κ1) is 25.0. The summed E-state index contributed by atoms with van der Waals surface area (Å²) in [6, 6.07) is 18.6. The average Bonchev–Trinajstić information content (AvgIpc) is 2.89. The van der Waals surface area contributed by atoms with Crippen molar-refractivity contribution in [2.24, 2.45) is 0 Å². The second-order valence-electron chi connectivity index (χ2n) is 7.31. The van der Waals surface area contributed by atoms with E-state index in [-0.39, 0.29) is 33.4 Å². The molecule has 4 nitrogen and oxygen atoms in total. The van der Waals surface area contributed by atoms with Gasteiger partial charge in [0.05, 0.1) is 0 Å². The Hall–Kier alpha value is -4.65. The summed E-state index contributed by atoms with van der Waals surface area (Å²) >= 11 is 0. The molecule has 0 saturated carbocycles. The lowest BCUT2D eigenvalue weighted by Gasteiger charge is -2.10. The minimum Gasteiger partial charge on any atom is -0.307 e. The second kappa shape index (κ2) is 11.0. The van der Waals surface area contributed by atoms with E-state index >= 15 is 0 Å². The van der Waals surface area contributed by atoms with E-state index in [9.17, 15) is 27.6 Å². The van der Waals surface area contributed by atoms with Gasteiger partial charge < -0.3 is 4.79 Å². The summed E-state index contributed by atoms with van der Waals surface area (Å²) in [5, 5.41) is 0. The van der Waals surface area contributed by atoms with Gasteiger partial charge in [0.2, 0.25) is 0 Å². The van der Waals surface area contributed by atoms with Gasteiger partial charge in [0.25, 0.3) is 0 Å². The number of carbonyl (C=O) groups excluding carboxylic acids is 4. The third-order valence-corrected chi connectivity index (χ3v) is 5.04. The number of hydrogen-bond donors (Lipinski definition) is 0. The van der Waals surface area contributed by atoms with Gasteiger partial charge in [-0.25, -0.2) is 13.2 Å². The highest BCUT2D eigenvalue weighted by Gasteiger charge is 2.19. The van der Waals surface area contributed by atoms with Crippen LogP contribution < -0.4 is 0 Å². The summed E-state index contributed by atoms with van der Waals surface area (Å²) < 4.78 is 39.8. The molecule has 4 aromatic carbocycles. The fraction of sp³-hybridized carbons (Fsp3) is 0. The van der Waals surface area contributed by atoms with Crippen LogP contribution in [0.3, 0.4) is 0 Å². The molecule has 4 rings (SSSR count). The Morgan fingerprint density at radius 3 is 0.800 bits per heavy atom. The summed E-state index contributed by atoms with van der Waals surface area (Å²) in [4.78, 5) is 47.1. The fourth-order valence-electron chi connectivity index (χ4n) is 3.32. The molecule has 174 valence electrons. The summed E-state index contributed by atoms with van der Waals surface area (Å²) in [5.74, 6) is -3.09. The van der Waals surface area contributed by atoms with Gasteiger partial charge in [-0.1, -0.05) is 0 Å². The normalized spacial score (nSPS) is 10.1. The molecular weight excluding hydrogens is 457 g/mol. The molecule has 0 aromatic heterocycles. The van der Waals surface area contributed by atoms with Crippen molar-refractivity contribution in [1.82, 2.24) is 0 Å². The van der Waals surface area contributed by atoms with E-state index in [4.69, 9.17) is 4.79 Å². The SMILES string of the molecule is C=O.O=C(c1ccc(F)cc1)c1cc(C(=O)c2ccc(F)cc2)cc(C(=O)c2ccc(F)cc2)c1. The zero-order valence-corrected chi connectivity index (χ0v) is 18.1. The van der Waals surface area contributed by atoms with Crippen LogP contribution in [-0.2, 0) is 4.79 Å². The van der Waals surface area contributed by atoms with Crippen LogP contribution in [-0.4, -0.2) is 24.1 Å². The van der Waals surface area contributed by atoms with E-state index in [1.165, 1.54) is 54.6 Å². The first-order chi connectivity index (χ1) is 16.8. The maximum Gasteiger partial charge on any atom is 0.193 e. The van der Waals surface area contributed by atoms with Crippen LogP contribution in [0.1, 0.15) is 47.8 Å². The van der Waals surface area contributed by atoms with Gasteiger partial charge in [-0.2, -0.15) is 0 Å². The molecule has 0 heterocycles. The predicted molar refractivity (Wildman–Crippen MR) is 123 cm³/mol. The molecule has 0 fully saturated rings. The number of hydrogen-bond acceptors (Lipinski definition) is 4. The van der Waals surface area contributed by atoms with E-state index in [2.05, 4.69) is 0 Å². The number of benzene rings is 4. The van der Waals surface area contributed by atoms with E-state index in [1.807, 2.05) is 6.79 Å². The molecule has 0 atom stereocenters. The quantitative estimate of drug-likeness (QED) is 0.341. The maximum absolute atomic E-state index is 13.3. The number of carbonyl (C=O) groups is 4. The lowest BCUT2D eigenvalue weighted by Crippen LogP contribution is -2.10. The number of rotatable bonds is 6. The number of halogens is 3. The minimum absolute atomic E-state index is 0.0417. The molecule has 0 aliphatic rings. The van der Waals surface area contributed by atoms with Crippen LogP contribution in [0.2, 0.25) is 0 Å². The van der Waals surface area contributed by atoms with Crippen LogP contribution in [0.15, 0.2) is 91.0 Å². The van der Waals surface area contributed by atoms with E-state index in [1.54, 1.807) is 0 Å². The summed E-state index contributed by atoms with van der Waals surface area (Å²) in [6.07, 6.45) is 0. The molecule has 0 amide bonds. The molecule has 0 radical (unpaired) electrons. The molecule has 0 N–H and O–H groups in total. The molecule has 35 heavy (non-hydrogen) atoms. The highest BCUT2D eigenvalue weighted by atomic mass is 19.1. The zero-order chi connectivity index (χ0) is 25.5. The van der Waals surface area contributed by atoms with E-state index in [0.29, 0.717) is 0 Å². The van der Waals surface area contributed by atoms with Gasteiger partial charge in [-0.15, -0.1) is 0 Å². The largest absolute Gasteiger partial charge is 0.307 e. The summed E-state index contributed by atoms with van der Waals surface area (Å²) in [6.45, 7) is 2.00. The van der Waals surface area contributed by atoms with Crippen molar-refractivity contribution in [3.63, 3.8) is 0 Å². The number of ketones is 3. The maximum atomic E-state index is 13.3. The topological polar surface area (TPSA) is 68.3 Å². The molecule has 0 aliphatic heterocycles. The van der Waals surface area contributed by atoms with Crippen molar-refractivity contribution >= 4 is 24.1 Å². The Bertz CT molecular complexity index is 1200. The van der Waals surface area contributed by atoms with Crippen LogP contribution in [0.25, 0.3) is 0 Å². The Balaban J connectivity index is 0.00000167. The lowest BCUT2D eigenvalue weighted by atomic mass is 9.92. The van der Waals surface area contributed by atoms with Crippen molar-refractivity contribution in [1.29, 1.82) is 0 Å². The zero-order valence-electron chi connectivity index (χ0n) is 18.1. The first-order valence-corrected chi connectivity index (χ1v) is 10.2. The van der Waals surface area contributed by atoms with Gasteiger partial charge in [0, 0.05) is 33.4 Å². The highest BCUT2D eigenvalue weighted by molar-refractivity contribution is 6.17. The molecule has 0 aliphatic carbocycles. The lowest BCUT2D eigenvalue weighted by molar-refractivity contribution is -0.0980. The van der Waals surface area contributed by atoms with Gasteiger partial charge in [0.15, 0.2) is 17.3 Å². The van der Waals surface area contributed by atoms with E-state index in [0.717, 1.165) is 36.4 Å². The third kappa shape index (κ3) is 5.83. The molecule has 7 heteroatoms. The minimum atomic E-state index is -0.517.